The van der Waals surface area contributed by atoms with Gasteiger partial charge in [-0.2, -0.15) is 21.6 Å². The van der Waals surface area contributed by atoms with E-state index in [0.29, 0.717) is 5.39 Å². The van der Waals surface area contributed by atoms with Crippen molar-refractivity contribution in [2.45, 2.75) is 31.9 Å². The molecule has 0 unspecified atom stereocenters. The Morgan fingerprint density at radius 2 is 1.67 bits per heavy atom. The van der Waals surface area contributed by atoms with E-state index in [4.69, 9.17) is 9.47 Å². The lowest BCUT2D eigenvalue weighted by Crippen LogP contribution is -2.29. The molecule has 148 valence electrons. The van der Waals surface area contributed by atoms with Crippen molar-refractivity contribution in [1.29, 1.82) is 0 Å². The molecule has 0 N–H and O–H groups in total. The van der Waals surface area contributed by atoms with E-state index in [9.17, 15) is 26.4 Å². The van der Waals surface area contributed by atoms with Crippen LogP contribution in [0.5, 0.6) is 11.5 Å². The van der Waals surface area contributed by atoms with Gasteiger partial charge >= 0.3 is 21.6 Å². The van der Waals surface area contributed by atoms with Gasteiger partial charge in [0.25, 0.3) is 0 Å². The number of benzene rings is 2. The van der Waals surface area contributed by atoms with Gasteiger partial charge in [0, 0.05) is 5.39 Å². The first-order valence-electron chi connectivity index (χ1n) is 7.67. The standard InChI is InChI=1S/C17H17F3O6S/c1-16(2,3)24-10-14(21)25-13-9-8-11-6-4-5-7-12(11)15(13)26-27(22,23)17(18,19)20/h4-9H,10H2,1-3H3. The summed E-state index contributed by atoms with van der Waals surface area (Å²) in [4.78, 5) is 11.9. The Morgan fingerprint density at radius 1 is 1.04 bits per heavy atom. The molecule has 2 rings (SSSR count). The number of fused-ring (bicyclic) bond motifs is 1. The topological polar surface area (TPSA) is 78.9 Å². The average molecular weight is 406 g/mol. The highest BCUT2D eigenvalue weighted by Crippen LogP contribution is 2.39. The summed E-state index contributed by atoms with van der Waals surface area (Å²) in [6, 6.07) is 8.57. The molecule has 10 heteroatoms. The lowest BCUT2D eigenvalue weighted by Gasteiger charge is -2.19. The van der Waals surface area contributed by atoms with Crippen molar-refractivity contribution in [2.24, 2.45) is 0 Å². The molecule has 27 heavy (non-hydrogen) atoms. The van der Waals surface area contributed by atoms with Gasteiger partial charge in [0.1, 0.15) is 6.61 Å². The molecule has 0 aliphatic carbocycles. The second kappa shape index (κ2) is 7.35. The first-order chi connectivity index (χ1) is 12.3. The Hall–Kier alpha value is -2.33. The molecule has 6 nitrogen and oxygen atoms in total. The predicted molar refractivity (Wildman–Crippen MR) is 90.9 cm³/mol. The molecule has 2 aromatic carbocycles. The third-order valence-electron chi connectivity index (χ3n) is 3.17. The van der Waals surface area contributed by atoms with Crippen molar-refractivity contribution in [3.63, 3.8) is 0 Å². The van der Waals surface area contributed by atoms with E-state index in [1.54, 1.807) is 26.8 Å². The number of alkyl halides is 3. The molecule has 0 saturated carbocycles. The van der Waals surface area contributed by atoms with Crippen LogP contribution in [0.25, 0.3) is 10.8 Å². The van der Waals surface area contributed by atoms with Gasteiger partial charge in [-0.3, -0.25) is 0 Å². The normalized spacial score (nSPS) is 12.8. The molecule has 0 aromatic heterocycles. The van der Waals surface area contributed by atoms with Crippen molar-refractivity contribution in [3.05, 3.63) is 36.4 Å². The molecule has 0 radical (unpaired) electrons. The van der Waals surface area contributed by atoms with Crippen LogP contribution < -0.4 is 8.92 Å². The first-order valence-corrected chi connectivity index (χ1v) is 9.08. The monoisotopic (exact) mass is 406 g/mol. The summed E-state index contributed by atoms with van der Waals surface area (Å²) in [6.07, 6.45) is 0. The number of carbonyl (C=O) groups excluding carboxylic acids is 1. The minimum atomic E-state index is -5.96. The van der Waals surface area contributed by atoms with Gasteiger partial charge in [-0.1, -0.05) is 30.3 Å². The second-order valence-corrected chi connectivity index (χ2v) is 8.01. The molecule has 2 aromatic rings. The van der Waals surface area contributed by atoms with E-state index in [1.165, 1.54) is 24.3 Å². The van der Waals surface area contributed by atoms with Gasteiger partial charge in [0.15, 0.2) is 11.5 Å². The smallest absolute Gasteiger partial charge is 0.421 e. The van der Waals surface area contributed by atoms with Crippen LogP contribution in [0.2, 0.25) is 0 Å². The maximum absolute atomic E-state index is 12.7. The van der Waals surface area contributed by atoms with Gasteiger partial charge < -0.3 is 13.7 Å². The quantitative estimate of drug-likeness (QED) is 0.325. The number of hydrogen-bond acceptors (Lipinski definition) is 6. The third kappa shape index (κ3) is 5.33. The largest absolute Gasteiger partial charge is 0.534 e. The number of hydrogen-bond donors (Lipinski definition) is 0. The third-order valence-corrected chi connectivity index (χ3v) is 4.12. The molecular formula is C17H17F3O6S. The molecule has 0 heterocycles. The molecule has 0 aliphatic rings. The minimum Gasteiger partial charge on any atom is -0.421 e. The molecule has 0 amide bonds. The van der Waals surface area contributed by atoms with Crippen LogP contribution >= 0.6 is 0 Å². The molecule has 0 saturated heterocycles. The average Bonchev–Trinajstić information content (AvgIpc) is 2.53. The van der Waals surface area contributed by atoms with Crippen molar-refractivity contribution >= 4 is 26.9 Å². The van der Waals surface area contributed by atoms with E-state index in [1.807, 2.05) is 0 Å². The van der Waals surface area contributed by atoms with Crippen LogP contribution in [0.15, 0.2) is 36.4 Å². The zero-order valence-electron chi connectivity index (χ0n) is 14.7. The van der Waals surface area contributed by atoms with E-state index in [2.05, 4.69) is 4.18 Å². The molecule has 0 bridgehead atoms. The Labute approximate surface area is 154 Å². The van der Waals surface area contributed by atoms with Crippen molar-refractivity contribution in [2.75, 3.05) is 6.61 Å². The van der Waals surface area contributed by atoms with Crippen LogP contribution in [-0.4, -0.2) is 32.1 Å². The number of esters is 1. The minimum absolute atomic E-state index is 0.0346. The van der Waals surface area contributed by atoms with Crippen LogP contribution in [0.1, 0.15) is 20.8 Å². The van der Waals surface area contributed by atoms with E-state index in [0.717, 1.165) is 6.07 Å². The van der Waals surface area contributed by atoms with Crippen molar-refractivity contribution in [1.82, 2.24) is 0 Å². The maximum atomic E-state index is 12.7. The van der Waals surface area contributed by atoms with Crippen LogP contribution in [0, 0.1) is 0 Å². The SMILES string of the molecule is CC(C)(C)OCC(=O)Oc1ccc2ccccc2c1OS(=O)(=O)C(F)(F)F. The van der Waals surface area contributed by atoms with Gasteiger partial charge in [-0.05, 0) is 32.2 Å². The number of ether oxygens (including phenoxy) is 2. The maximum Gasteiger partial charge on any atom is 0.534 e. The van der Waals surface area contributed by atoms with Gasteiger partial charge in [-0.15, -0.1) is 0 Å². The first kappa shape index (κ1) is 21.0. The Bertz CT molecular complexity index is 945. The Balaban J connectivity index is 2.43. The van der Waals surface area contributed by atoms with E-state index >= 15 is 0 Å². The summed E-state index contributed by atoms with van der Waals surface area (Å²) >= 11 is 0. The highest BCUT2D eigenvalue weighted by atomic mass is 32.2. The number of rotatable bonds is 5. The lowest BCUT2D eigenvalue weighted by molar-refractivity contribution is -0.144. The fraction of sp³-hybridized carbons (Fsp3) is 0.353. The van der Waals surface area contributed by atoms with Gasteiger partial charge in [-0.25, -0.2) is 4.79 Å². The van der Waals surface area contributed by atoms with E-state index < -0.39 is 45.3 Å². The molecule has 0 aliphatic heterocycles. The summed E-state index contributed by atoms with van der Waals surface area (Å²) < 4.78 is 75.6. The molecule has 0 spiro atoms. The second-order valence-electron chi connectivity index (χ2n) is 6.47. The summed E-state index contributed by atoms with van der Waals surface area (Å²) in [7, 11) is -5.96. The van der Waals surface area contributed by atoms with Crippen molar-refractivity contribution in [3.8, 4) is 11.5 Å². The zero-order chi connectivity index (χ0) is 20.5. The van der Waals surface area contributed by atoms with Crippen molar-refractivity contribution < 1.29 is 40.0 Å². The number of halogens is 3. The summed E-state index contributed by atoms with van der Waals surface area (Å²) in [5.74, 6) is -2.12. The highest BCUT2D eigenvalue weighted by Gasteiger charge is 2.49. The molecular weight excluding hydrogens is 389 g/mol. The summed E-state index contributed by atoms with van der Waals surface area (Å²) in [5, 5.41) is 0.433. The molecule has 0 atom stereocenters. The summed E-state index contributed by atoms with van der Waals surface area (Å²) in [6.45, 7) is 4.60. The lowest BCUT2D eigenvalue weighted by atomic mass is 10.1. The fourth-order valence-electron chi connectivity index (χ4n) is 1.97. The van der Waals surface area contributed by atoms with Gasteiger partial charge in [0.05, 0.1) is 5.60 Å². The Morgan fingerprint density at radius 3 is 2.26 bits per heavy atom. The zero-order valence-corrected chi connectivity index (χ0v) is 15.5. The number of carbonyl (C=O) groups is 1. The fourth-order valence-corrected chi connectivity index (χ4v) is 2.46. The van der Waals surface area contributed by atoms with Crippen LogP contribution in [0.3, 0.4) is 0 Å². The highest BCUT2D eigenvalue weighted by molar-refractivity contribution is 7.88. The van der Waals surface area contributed by atoms with Crippen LogP contribution in [0.4, 0.5) is 13.2 Å². The van der Waals surface area contributed by atoms with Crippen LogP contribution in [-0.2, 0) is 19.6 Å². The van der Waals surface area contributed by atoms with E-state index in [-0.39, 0.29) is 5.39 Å². The van der Waals surface area contributed by atoms with Gasteiger partial charge in [0.2, 0.25) is 0 Å². The Kier molecular flexibility index (Phi) is 5.71. The predicted octanol–water partition coefficient (Wildman–Crippen LogP) is 3.79. The summed E-state index contributed by atoms with van der Waals surface area (Å²) in [5.41, 5.74) is -6.29. The molecule has 0 fully saturated rings.